The zero-order valence-electron chi connectivity index (χ0n) is 13.9. The van der Waals surface area contributed by atoms with Crippen LogP contribution in [-0.2, 0) is 21.4 Å². The number of hydrogen-bond acceptors (Lipinski definition) is 4. The van der Waals surface area contributed by atoms with Crippen LogP contribution in [0.15, 0.2) is 48.5 Å². The van der Waals surface area contributed by atoms with Gasteiger partial charge in [-0.2, -0.15) is 0 Å². The standard InChI is InChI=1S/C17H19ClN2O4S/c1-24-16-10-6-3-7-13(16)11-19-17(21)12-20(25(2,22)23)15-9-5-4-8-14(15)18/h3-10H,11-12H2,1-2H3,(H,19,21). The van der Waals surface area contributed by atoms with Crippen molar-refractivity contribution in [3.05, 3.63) is 59.1 Å². The molecule has 2 rings (SSSR count). The first-order valence-electron chi connectivity index (χ1n) is 7.43. The number of carbonyl (C=O) groups excluding carboxylic acids is 1. The van der Waals surface area contributed by atoms with E-state index in [4.69, 9.17) is 16.3 Å². The SMILES string of the molecule is COc1ccccc1CNC(=O)CN(c1ccccc1Cl)S(C)(=O)=O. The second-order valence-electron chi connectivity index (χ2n) is 5.31. The summed E-state index contributed by atoms with van der Waals surface area (Å²) in [6.07, 6.45) is 1.03. The van der Waals surface area contributed by atoms with E-state index in [1.54, 1.807) is 37.4 Å². The number of ether oxygens (including phenoxy) is 1. The minimum absolute atomic E-state index is 0.225. The van der Waals surface area contributed by atoms with Crippen molar-refractivity contribution in [3.63, 3.8) is 0 Å². The molecule has 0 saturated carbocycles. The summed E-state index contributed by atoms with van der Waals surface area (Å²) in [5.41, 5.74) is 1.06. The highest BCUT2D eigenvalue weighted by Gasteiger charge is 2.22. The minimum atomic E-state index is -3.67. The molecule has 0 aromatic heterocycles. The van der Waals surface area contributed by atoms with E-state index in [-0.39, 0.29) is 23.8 Å². The van der Waals surface area contributed by atoms with E-state index in [0.29, 0.717) is 5.75 Å². The fourth-order valence-corrected chi connectivity index (χ4v) is 3.42. The van der Waals surface area contributed by atoms with Crippen LogP contribution >= 0.6 is 11.6 Å². The topological polar surface area (TPSA) is 75.7 Å². The van der Waals surface area contributed by atoms with Gasteiger partial charge in [-0.15, -0.1) is 0 Å². The van der Waals surface area contributed by atoms with E-state index in [1.807, 2.05) is 18.2 Å². The molecule has 0 heterocycles. The number of sulfonamides is 1. The molecule has 0 bridgehead atoms. The van der Waals surface area contributed by atoms with E-state index in [9.17, 15) is 13.2 Å². The zero-order chi connectivity index (χ0) is 18.4. The Morgan fingerprint density at radius 1 is 1.16 bits per heavy atom. The predicted molar refractivity (Wildman–Crippen MR) is 98.5 cm³/mol. The van der Waals surface area contributed by atoms with Gasteiger partial charge in [0.2, 0.25) is 15.9 Å². The first-order chi connectivity index (χ1) is 11.8. The van der Waals surface area contributed by atoms with Crippen LogP contribution in [0.1, 0.15) is 5.56 Å². The number of nitrogens with one attached hydrogen (secondary N) is 1. The van der Waals surface area contributed by atoms with Gasteiger partial charge in [0.1, 0.15) is 12.3 Å². The summed E-state index contributed by atoms with van der Waals surface area (Å²) in [5, 5.41) is 2.95. The maximum atomic E-state index is 12.3. The van der Waals surface area contributed by atoms with Crippen LogP contribution in [0.2, 0.25) is 5.02 Å². The van der Waals surface area contributed by atoms with Crippen molar-refractivity contribution < 1.29 is 17.9 Å². The van der Waals surface area contributed by atoms with E-state index in [2.05, 4.69) is 5.32 Å². The molecule has 2 aromatic carbocycles. The normalized spacial score (nSPS) is 11.0. The number of halogens is 1. The second-order valence-corrected chi connectivity index (χ2v) is 7.62. The van der Waals surface area contributed by atoms with Crippen molar-refractivity contribution in [2.75, 3.05) is 24.2 Å². The molecule has 0 saturated heterocycles. The summed E-state index contributed by atoms with van der Waals surface area (Å²) >= 11 is 6.07. The summed E-state index contributed by atoms with van der Waals surface area (Å²) < 4.78 is 30.3. The smallest absolute Gasteiger partial charge is 0.241 e. The van der Waals surface area contributed by atoms with Crippen molar-refractivity contribution in [3.8, 4) is 5.75 Å². The number of anilines is 1. The van der Waals surface area contributed by atoms with Crippen molar-refractivity contribution in [1.29, 1.82) is 0 Å². The highest BCUT2D eigenvalue weighted by molar-refractivity contribution is 7.92. The Balaban J connectivity index is 2.12. The first-order valence-corrected chi connectivity index (χ1v) is 9.66. The Labute approximate surface area is 152 Å². The van der Waals surface area contributed by atoms with Crippen LogP contribution in [0.25, 0.3) is 0 Å². The molecule has 0 atom stereocenters. The molecule has 1 N–H and O–H groups in total. The summed E-state index contributed by atoms with van der Waals surface area (Å²) in [4.78, 5) is 12.3. The number of nitrogens with zero attached hydrogens (tertiary/aromatic N) is 1. The molecule has 0 spiro atoms. The molecule has 25 heavy (non-hydrogen) atoms. The molecule has 0 aliphatic rings. The fraction of sp³-hybridized carbons (Fsp3) is 0.235. The molecular formula is C17H19ClN2O4S. The van der Waals surface area contributed by atoms with Crippen LogP contribution < -0.4 is 14.4 Å². The Bertz CT molecular complexity index is 855. The number of carbonyl (C=O) groups is 1. The maximum Gasteiger partial charge on any atom is 0.241 e. The van der Waals surface area contributed by atoms with E-state index in [1.165, 1.54) is 0 Å². The third kappa shape index (κ3) is 5.11. The van der Waals surface area contributed by atoms with E-state index < -0.39 is 15.9 Å². The second kappa shape index (κ2) is 8.22. The van der Waals surface area contributed by atoms with Crippen LogP contribution in [0, 0.1) is 0 Å². The molecule has 134 valence electrons. The molecular weight excluding hydrogens is 364 g/mol. The quantitative estimate of drug-likeness (QED) is 0.798. The lowest BCUT2D eigenvalue weighted by Gasteiger charge is -2.23. The molecule has 0 radical (unpaired) electrons. The summed E-state index contributed by atoms with van der Waals surface area (Å²) in [6, 6.07) is 13.7. The van der Waals surface area contributed by atoms with Crippen LogP contribution in [-0.4, -0.2) is 34.2 Å². The van der Waals surface area contributed by atoms with Crippen molar-refractivity contribution in [1.82, 2.24) is 5.32 Å². The molecule has 0 aliphatic carbocycles. The largest absolute Gasteiger partial charge is 0.496 e. The van der Waals surface area contributed by atoms with Gasteiger partial charge < -0.3 is 10.1 Å². The van der Waals surface area contributed by atoms with E-state index >= 15 is 0 Å². The molecule has 0 fully saturated rings. The number of para-hydroxylation sites is 2. The van der Waals surface area contributed by atoms with Gasteiger partial charge in [-0.05, 0) is 18.2 Å². The molecule has 1 amide bonds. The average Bonchev–Trinajstić information content (AvgIpc) is 2.58. The Morgan fingerprint density at radius 3 is 2.44 bits per heavy atom. The zero-order valence-corrected chi connectivity index (χ0v) is 15.5. The van der Waals surface area contributed by atoms with Gasteiger partial charge in [0.15, 0.2) is 0 Å². The number of rotatable bonds is 7. The number of amides is 1. The van der Waals surface area contributed by atoms with Gasteiger partial charge in [0.05, 0.1) is 24.1 Å². The van der Waals surface area contributed by atoms with Crippen molar-refractivity contribution >= 4 is 33.2 Å². The van der Waals surface area contributed by atoms with Gasteiger partial charge in [0.25, 0.3) is 0 Å². The highest BCUT2D eigenvalue weighted by atomic mass is 35.5. The van der Waals surface area contributed by atoms with Gasteiger partial charge in [-0.3, -0.25) is 9.10 Å². The lowest BCUT2D eigenvalue weighted by atomic mass is 10.2. The van der Waals surface area contributed by atoms with Crippen LogP contribution in [0.4, 0.5) is 5.69 Å². The number of hydrogen-bond donors (Lipinski definition) is 1. The molecule has 0 aliphatic heterocycles. The molecule has 8 heteroatoms. The summed E-state index contributed by atoms with van der Waals surface area (Å²) in [6.45, 7) is -0.138. The van der Waals surface area contributed by atoms with Crippen LogP contribution in [0.5, 0.6) is 5.75 Å². The number of methoxy groups -OCH3 is 1. The van der Waals surface area contributed by atoms with Crippen LogP contribution in [0.3, 0.4) is 0 Å². The third-order valence-corrected chi connectivity index (χ3v) is 4.92. The lowest BCUT2D eigenvalue weighted by molar-refractivity contribution is -0.119. The lowest BCUT2D eigenvalue weighted by Crippen LogP contribution is -2.40. The third-order valence-electron chi connectivity index (χ3n) is 3.48. The number of benzene rings is 2. The van der Waals surface area contributed by atoms with Crippen molar-refractivity contribution in [2.24, 2.45) is 0 Å². The van der Waals surface area contributed by atoms with Gasteiger partial charge in [-0.25, -0.2) is 8.42 Å². The Kier molecular flexibility index (Phi) is 6.27. The van der Waals surface area contributed by atoms with E-state index in [0.717, 1.165) is 16.1 Å². The van der Waals surface area contributed by atoms with Gasteiger partial charge in [0, 0.05) is 12.1 Å². The Morgan fingerprint density at radius 2 is 1.80 bits per heavy atom. The van der Waals surface area contributed by atoms with Gasteiger partial charge in [-0.1, -0.05) is 41.9 Å². The predicted octanol–water partition coefficient (Wildman–Crippen LogP) is 2.43. The average molecular weight is 383 g/mol. The maximum absolute atomic E-state index is 12.3. The molecule has 6 nitrogen and oxygen atoms in total. The summed E-state index contributed by atoms with van der Waals surface area (Å²) in [7, 11) is -2.12. The van der Waals surface area contributed by atoms with Crippen molar-refractivity contribution in [2.45, 2.75) is 6.54 Å². The minimum Gasteiger partial charge on any atom is -0.496 e. The fourth-order valence-electron chi connectivity index (χ4n) is 2.26. The first kappa shape index (κ1) is 19.1. The van der Waals surface area contributed by atoms with Gasteiger partial charge >= 0.3 is 0 Å². The molecule has 2 aromatic rings. The highest BCUT2D eigenvalue weighted by Crippen LogP contribution is 2.26. The Hall–Kier alpha value is -2.25. The molecule has 0 unspecified atom stereocenters. The summed E-state index contributed by atoms with van der Waals surface area (Å²) in [5.74, 6) is 0.199. The monoisotopic (exact) mass is 382 g/mol.